The van der Waals surface area contributed by atoms with Gasteiger partial charge in [-0.2, -0.15) is 0 Å². The van der Waals surface area contributed by atoms with Gasteiger partial charge in [0.05, 0.1) is 12.8 Å². The van der Waals surface area contributed by atoms with Crippen LogP contribution in [0.1, 0.15) is 11.4 Å². The summed E-state index contributed by atoms with van der Waals surface area (Å²) in [4.78, 5) is 19.6. The predicted molar refractivity (Wildman–Crippen MR) is 67.9 cm³/mol. The van der Waals surface area contributed by atoms with Crippen LogP contribution in [0.25, 0.3) is 11.3 Å². The first-order chi connectivity index (χ1) is 8.69. The van der Waals surface area contributed by atoms with E-state index < -0.39 is 0 Å². The Morgan fingerprint density at radius 1 is 1.22 bits per heavy atom. The molecule has 2 aromatic rings. The SMILES string of the molecule is COC(=O)Cc1nccc(-c2ccc(C)cc2)n1. The summed E-state index contributed by atoms with van der Waals surface area (Å²) < 4.78 is 4.60. The number of ether oxygens (including phenoxy) is 1. The summed E-state index contributed by atoms with van der Waals surface area (Å²) in [5, 5.41) is 0. The van der Waals surface area contributed by atoms with E-state index in [1.165, 1.54) is 12.7 Å². The van der Waals surface area contributed by atoms with Crippen molar-refractivity contribution in [2.45, 2.75) is 13.3 Å². The van der Waals surface area contributed by atoms with Crippen LogP contribution < -0.4 is 0 Å². The van der Waals surface area contributed by atoms with Gasteiger partial charge in [0.25, 0.3) is 0 Å². The molecule has 1 heterocycles. The van der Waals surface area contributed by atoms with E-state index in [4.69, 9.17) is 0 Å². The van der Waals surface area contributed by atoms with Crippen molar-refractivity contribution in [2.24, 2.45) is 0 Å². The molecule has 0 aliphatic rings. The maximum atomic E-state index is 11.2. The number of hydrogen-bond donors (Lipinski definition) is 0. The van der Waals surface area contributed by atoms with Crippen LogP contribution in [0.2, 0.25) is 0 Å². The lowest BCUT2D eigenvalue weighted by Crippen LogP contribution is -2.08. The standard InChI is InChI=1S/C14H14N2O2/c1-10-3-5-11(6-4-10)12-7-8-15-13(16-12)9-14(17)18-2/h3-8H,9H2,1-2H3. The fourth-order valence-electron chi connectivity index (χ4n) is 1.57. The van der Waals surface area contributed by atoms with Gasteiger partial charge in [0.2, 0.25) is 0 Å². The van der Waals surface area contributed by atoms with E-state index in [2.05, 4.69) is 14.7 Å². The number of nitrogens with zero attached hydrogens (tertiary/aromatic N) is 2. The van der Waals surface area contributed by atoms with Crippen molar-refractivity contribution >= 4 is 5.97 Å². The van der Waals surface area contributed by atoms with Crippen molar-refractivity contribution in [1.82, 2.24) is 9.97 Å². The molecular formula is C14H14N2O2. The minimum absolute atomic E-state index is 0.0935. The van der Waals surface area contributed by atoms with Crippen molar-refractivity contribution in [3.8, 4) is 11.3 Å². The number of esters is 1. The smallest absolute Gasteiger partial charge is 0.313 e. The summed E-state index contributed by atoms with van der Waals surface area (Å²) in [6.45, 7) is 2.03. The highest BCUT2D eigenvalue weighted by molar-refractivity contribution is 5.71. The van der Waals surface area contributed by atoms with E-state index in [9.17, 15) is 4.79 Å². The van der Waals surface area contributed by atoms with Crippen molar-refractivity contribution < 1.29 is 9.53 Å². The summed E-state index contributed by atoms with van der Waals surface area (Å²) in [5.74, 6) is 0.135. The van der Waals surface area contributed by atoms with E-state index in [1.807, 2.05) is 37.3 Å². The molecule has 0 N–H and O–H groups in total. The quantitative estimate of drug-likeness (QED) is 0.774. The van der Waals surface area contributed by atoms with Crippen LogP contribution in [0, 0.1) is 6.92 Å². The minimum atomic E-state index is -0.337. The van der Waals surface area contributed by atoms with Crippen LogP contribution >= 0.6 is 0 Å². The molecule has 0 fully saturated rings. The maximum absolute atomic E-state index is 11.2. The molecule has 0 saturated carbocycles. The number of methoxy groups -OCH3 is 1. The second-order valence-electron chi connectivity index (χ2n) is 3.98. The zero-order valence-electron chi connectivity index (χ0n) is 10.4. The van der Waals surface area contributed by atoms with Gasteiger partial charge in [-0.05, 0) is 13.0 Å². The number of aromatic nitrogens is 2. The van der Waals surface area contributed by atoms with Gasteiger partial charge >= 0.3 is 5.97 Å². The Balaban J connectivity index is 2.26. The van der Waals surface area contributed by atoms with E-state index >= 15 is 0 Å². The van der Waals surface area contributed by atoms with Gasteiger partial charge in [-0.1, -0.05) is 29.8 Å². The number of aryl methyl sites for hydroxylation is 1. The second kappa shape index (κ2) is 5.40. The van der Waals surface area contributed by atoms with Crippen LogP contribution in [-0.2, 0) is 16.0 Å². The summed E-state index contributed by atoms with van der Waals surface area (Å²) in [6.07, 6.45) is 1.75. The third kappa shape index (κ3) is 2.91. The highest BCUT2D eigenvalue weighted by Gasteiger charge is 2.07. The predicted octanol–water partition coefficient (Wildman–Crippen LogP) is 2.17. The van der Waals surface area contributed by atoms with E-state index in [1.54, 1.807) is 6.20 Å². The lowest BCUT2D eigenvalue weighted by molar-refractivity contribution is -0.139. The van der Waals surface area contributed by atoms with Gasteiger partial charge in [-0.25, -0.2) is 9.97 Å². The van der Waals surface area contributed by atoms with Gasteiger partial charge in [-0.3, -0.25) is 4.79 Å². The first-order valence-electron chi connectivity index (χ1n) is 5.65. The highest BCUT2D eigenvalue weighted by Crippen LogP contribution is 2.17. The third-order valence-corrected chi connectivity index (χ3v) is 2.58. The molecule has 1 aromatic heterocycles. The number of benzene rings is 1. The molecule has 0 unspecified atom stereocenters. The number of carbonyl (C=O) groups excluding carboxylic acids is 1. The van der Waals surface area contributed by atoms with Crippen LogP contribution in [-0.4, -0.2) is 23.0 Å². The van der Waals surface area contributed by atoms with Gasteiger partial charge in [0.15, 0.2) is 0 Å². The van der Waals surface area contributed by atoms with Crippen molar-refractivity contribution in [3.05, 3.63) is 47.9 Å². The summed E-state index contributed by atoms with van der Waals surface area (Å²) in [6, 6.07) is 9.87. The van der Waals surface area contributed by atoms with Crippen molar-refractivity contribution in [2.75, 3.05) is 7.11 Å². The number of rotatable bonds is 3. The Hall–Kier alpha value is -2.23. The van der Waals surface area contributed by atoms with Crippen molar-refractivity contribution in [3.63, 3.8) is 0 Å². The normalized spacial score (nSPS) is 10.1. The first kappa shape index (κ1) is 12.2. The highest BCUT2D eigenvalue weighted by atomic mass is 16.5. The number of hydrogen-bond acceptors (Lipinski definition) is 4. The molecule has 2 rings (SSSR count). The van der Waals surface area contributed by atoms with Gasteiger partial charge in [0.1, 0.15) is 12.2 Å². The molecule has 0 radical (unpaired) electrons. The Labute approximate surface area is 106 Å². The fraction of sp³-hybridized carbons (Fsp3) is 0.214. The zero-order chi connectivity index (χ0) is 13.0. The van der Waals surface area contributed by atoms with Gasteiger partial charge < -0.3 is 4.74 Å². The van der Waals surface area contributed by atoms with Crippen LogP contribution in [0.5, 0.6) is 0 Å². The molecule has 0 amide bonds. The van der Waals surface area contributed by atoms with Crippen LogP contribution in [0.15, 0.2) is 36.5 Å². The first-order valence-corrected chi connectivity index (χ1v) is 5.65. The Kier molecular flexibility index (Phi) is 3.67. The number of carbonyl (C=O) groups is 1. The van der Waals surface area contributed by atoms with E-state index in [0.29, 0.717) is 5.82 Å². The molecule has 18 heavy (non-hydrogen) atoms. The summed E-state index contributed by atoms with van der Waals surface area (Å²) in [7, 11) is 1.35. The molecule has 4 heteroatoms. The molecule has 0 bridgehead atoms. The molecule has 0 spiro atoms. The third-order valence-electron chi connectivity index (χ3n) is 2.58. The van der Waals surface area contributed by atoms with Gasteiger partial charge in [-0.15, -0.1) is 0 Å². The Morgan fingerprint density at radius 3 is 2.61 bits per heavy atom. The average molecular weight is 242 g/mol. The topological polar surface area (TPSA) is 52.1 Å². The van der Waals surface area contributed by atoms with Crippen LogP contribution in [0.4, 0.5) is 0 Å². The summed E-state index contributed by atoms with van der Waals surface area (Å²) >= 11 is 0. The van der Waals surface area contributed by atoms with Gasteiger partial charge in [0, 0.05) is 11.8 Å². The molecule has 0 aliphatic heterocycles. The second-order valence-corrected chi connectivity index (χ2v) is 3.98. The molecule has 0 aliphatic carbocycles. The minimum Gasteiger partial charge on any atom is -0.469 e. The van der Waals surface area contributed by atoms with Crippen molar-refractivity contribution in [1.29, 1.82) is 0 Å². The molecular weight excluding hydrogens is 228 g/mol. The fourth-order valence-corrected chi connectivity index (χ4v) is 1.57. The Morgan fingerprint density at radius 2 is 1.94 bits per heavy atom. The maximum Gasteiger partial charge on any atom is 0.313 e. The summed E-state index contributed by atoms with van der Waals surface area (Å²) in [5.41, 5.74) is 3.01. The average Bonchev–Trinajstić information content (AvgIpc) is 2.40. The molecule has 0 atom stereocenters. The lowest BCUT2D eigenvalue weighted by atomic mass is 10.1. The van der Waals surface area contributed by atoms with E-state index in [0.717, 1.165) is 11.3 Å². The Bertz CT molecular complexity index is 550. The molecule has 4 nitrogen and oxygen atoms in total. The monoisotopic (exact) mass is 242 g/mol. The largest absolute Gasteiger partial charge is 0.469 e. The molecule has 92 valence electrons. The zero-order valence-corrected chi connectivity index (χ0v) is 10.4. The molecule has 1 aromatic carbocycles. The lowest BCUT2D eigenvalue weighted by Gasteiger charge is -2.03. The van der Waals surface area contributed by atoms with Crippen LogP contribution in [0.3, 0.4) is 0 Å². The molecule has 0 saturated heterocycles. The van der Waals surface area contributed by atoms with E-state index in [-0.39, 0.29) is 12.4 Å².